The second-order valence-corrected chi connectivity index (χ2v) is 4.13. The Balaban J connectivity index is 2.10. The third kappa shape index (κ3) is 2.36. The predicted molar refractivity (Wildman–Crippen MR) is 61.8 cm³/mol. The van der Waals surface area contributed by atoms with Crippen molar-refractivity contribution < 1.29 is 9.18 Å². The summed E-state index contributed by atoms with van der Waals surface area (Å²) in [5, 5.41) is 2.72. The van der Waals surface area contributed by atoms with Gasteiger partial charge in [-0.3, -0.25) is 4.79 Å². The number of hydrogen-bond donors (Lipinski definition) is 3. The zero-order valence-corrected chi connectivity index (χ0v) is 9.32. The molecule has 1 heterocycles. The van der Waals surface area contributed by atoms with E-state index in [-0.39, 0.29) is 6.04 Å². The summed E-state index contributed by atoms with van der Waals surface area (Å²) in [5.41, 5.74) is 12.7. The summed E-state index contributed by atoms with van der Waals surface area (Å²) in [4.78, 5) is 15.7. The highest BCUT2D eigenvalue weighted by atomic mass is 19.1. The molecule has 6 heteroatoms. The van der Waals surface area contributed by atoms with Gasteiger partial charge in [0.2, 0.25) is 5.91 Å². The van der Waals surface area contributed by atoms with Gasteiger partial charge in [-0.05, 0) is 24.5 Å². The number of carbonyl (C=O) groups excluding carboxylic acids is 1. The first-order valence-electron chi connectivity index (χ1n) is 5.49. The summed E-state index contributed by atoms with van der Waals surface area (Å²) in [7, 11) is 0. The number of hydrogen-bond acceptors (Lipinski definition) is 4. The predicted octanol–water partition coefficient (Wildman–Crippen LogP) is 0.0641. The van der Waals surface area contributed by atoms with Crippen LogP contribution in [0.2, 0.25) is 0 Å². The number of aryl methyl sites for hydroxylation is 1. The Bertz CT molecular complexity index is 437. The number of halogens is 1. The monoisotopic (exact) mass is 238 g/mol. The van der Waals surface area contributed by atoms with Gasteiger partial charge in [0.1, 0.15) is 18.5 Å². The normalized spacial score (nSPS) is 19.8. The molecule has 0 fully saturated rings. The van der Waals surface area contributed by atoms with E-state index < -0.39 is 18.6 Å². The molecule has 0 saturated heterocycles. The molecule has 0 radical (unpaired) electrons. The maximum Gasteiger partial charge on any atom is 0.240 e. The highest BCUT2D eigenvalue weighted by Gasteiger charge is 2.26. The lowest BCUT2D eigenvalue weighted by Gasteiger charge is -2.16. The van der Waals surface area contributed by atoms with E-state index in [1.54, 1.807) is 6.07 Å². The average molecular weight is 238 g/mol. The lowest BCUT2D eigenvalue weighted by Crippen LogP contribution is -2.43. The lowest BCUT2D eigenvalue weighted by atomic mass is 10.1. The second kappa shape index (κ2) is 4.67. The number of rotatable bonds is 3. The fourth-order valence-corrected chi connectivity index (χ4v) is 1.98. The van der Waals surface area contributed by atoms with Crippen LogP contribution in [0, 0.1) is 0 Å². The minimum Gasteiger partial charge on any atom is -0.384 e. The minimum absolute atomic E-state index is 0.136. The fraction of sp³-hybridized carbons (Fsp3) is 0.455. The van der Waals surface area contributed by atoms with Crippen LogP contribution in [0.3, 0.4) is 0 Å². The van der Waals surface area contributed by atoms with Crippen LogP contribution >= 0.6 is 0 Å². The lowest BCUT2D eigenvalue weighted by molar-refractivity contribution is -0.123. The van der Waals surface area contributed by atoms with E-state index in [4.69, 9.17) is 11.5 Å². The third-order valence-corrected chi connectivity index (χ3v) is 2.90. The summed E-state index contributed by atoms with van der Waals surface area (Å²) in [6, 6.07) is 2.30. The van der Waals surface area contributed by atoms with Crippen molar-refractivity contribution in [2.75, 3.05) is 12.4 Å². The number of nitrogens with one attached hydrogen (secondary N) is 1. The Morgan fingerprint density at radius 3 is 3.12 bits per heavy atom. The van der Waals surface area contributed by atoms with E-state index in [1.807, 2.05) is 6.07 Å². The standard InChI is InChI=1S/C11H15FN4O/c12-5-7(13)11(17)16-9-3-2-8-6(9)1-4-10(14)15-8/h1,4,7,9H,2-3,5,13H2,(H2,14,15)(H,16,17)/t7-,9+/m0/s1. The zero-order valence-electron chi connectivity index (χ0n) is 9.32. The highest BCUT2D eigenvalue weighted by molar-refractivity contribution is 5.82. The maximum atomic E-state index is 12.2. The van der Waals surface area contributed by atoms with Crippen molar-refractivity contribution in [1.29, 1.82) is 0 Å². The number of aromatic nitrogens is 1. The van der Waals surface area contributed by atoms with Crippen LogP contribution in [0.4, 0.5) is 10.2 Å². The largest absolute Gasteiger partial charge is 0.384 e. The summed E-state index contributed by atoms with van der Waals surface area (Å²) in [6.07, 6.45) is 1.51. The molecule has 0 spiro atoms. The summed E-state index contributed by atoms with van der Waals surface area (Å²) in [5.74, 6) is -0.00152. The van der Waals surface area contributed by atoms with Gasteiger partial charge < -0.3 is 16.8 Å². The quantitative estimate of drug-likeness (QED) is 0.694. The molecule has 1 amide bonds. The van der Waals surface area contributed by atoms with Gasteiger partial charge in [0, 0.05) is 5.69 Å². The van der Waals surface area contributed by atoms with Crippen molar-refractivity contribution in [3.05, 3.63) is 23.4 Å². The number of anilines is 1. The topological polar surface area (TPSA) is 94.0 Å². The molecule has 2 rings (SSSR count). The van der Waals surface area contributed by atoms with Gasteiger partial charge in [-0.15, -0.1) is 0 Å². The number of pyridine rings is 1. The minimum atomic E-state index is -1.10. The molecular formula is C11H15FN4O. The molecular weight excluding hydrogens is 223 g/mol. The van der Waals surface area contributed by atoms with Gasteiger partial charge in [-0.1, -0.05) is 6.07 Å². The van der Waals surface area contributed by atoms with Crippen LogP contribution in [-0.2, 0) is 11.2 Å². The number of alkyl halides is 1. The summed E-state index contributed by atoms with van der Waals surface area (Å²) in [6.45, 7) is -0.856. The molecule has 92 valence electrons. The van der Waals surface area contributed by atoms with E-state index in [1.165, 1.54) is 0 Å². The maximum absolute atomic E-state index is 12.2. The van der Waals surface area contributed by atoms with E-state index in [2.05, 4.69) is 10.3 Å². The van der Waals surface area contributed by atoms with Gasteiger partial charge in [-0.2, -0.15) is 0 Å². The van der Waals surface area contributed by atoms with E-state index in [0.29, 0.717) is 5.82 Å². The highest BCUT2D eigenvalue weighted by Crippen LogP contribution is 2.30. The molecule has 0 saturated carbocycles. The van der Waals surface area contributed by atoms with Crippen molar-refractivity contribution in [2.24, 2.45) is 5.73 Å². The number of nitrogens with zero attached hydrogens (tertiary/aromatic N) is 1. The van der Waals surface area contributed by atoms with Crippen LogP contribution in [0.25, 0.3) is 0 Å². The smallest absolute Gasteiger partial charge is 0.240 e. The molecule has 1 aliphatic carbocycles. The Kier molecular flexibility index (Phi) is 3.23. The van der Waals surface area contributed by atoms with Crippen LogP contribution < -0.4 is 16.8 Å². The molecule has 0 bridgehead atoms. The second-order valence-electron chi connectivity index (χ2n) is 4.13. The van der Waals surface area contributed by atoms with Gasteiger partial charge in [0.25, 0.3) is 0 Å². The number of nitrogen functional groups attached to an aromatic ring is 1. The van der Waals surface area contributed by atoms with Crippen molar-refractivity contribution in [1.82, 2.24) is 10.3 Å². The van der Waals surface area contributed by atoms with Gasteiger partial charge in [0.15, 0.2) is 0 Å². The first-order chi connectivity index (χ1) is 8.11. The van der Waals surface area contributed by atoms with Crippen LogP contribution in [0.15, 0.2) is 12.1 Å². The molecule has 0 aliphatic heterocycles. The SMILES string of the molecule is Nc1ccc2c(n1)CC[C@H]2NC(=O)[C@@H](N)CF. The number of nitrogens with two attached hydrogens (primary N) is 2. The Morgan fingerprint density at radius 2 is 2.41 bits per heavy atom. The van der Waals surface area contributed by atoms with Crippen molar-refractivity contribution in [2.45, 2.75) is 24.9 Å². The van der Waals surface area contributed by atoms with Crippen LogP contribution in [0.1, 0.15) is 23.7 Å². The number of carbonyl (C=O) groups is 1. The molecule has 2 atom stereocenters. The number of amides is 1. The molecule has 17 heavy (non-hydrogen) atoms. The molecule has 5 N–H and O–H groups in total. The van der Waals surface area contributed by atoms with Crippen LogP contribution in [0.5, 0.6) is 0 Å². The first-order valence-corrected chi connectivity index (χ1v) is 5.49. The molecule has 0 aromatic carbocycles. The Hall–Kier alpha value is -1.69. The van der Waals surface area contributed by atoms with Crippen molar-refractivity contribution in [3.8, 4) is 0 Å². The molecule has 1 aromatic heterocycles. The van der Waals surface area contributed by atoms with Gasteiger partial charge in [-0.25, -0.2) is 9.37 Å². The Morgan fingerprint density at radius 1 is 1.65 bits per heavy atom. The molecule has 1 aromatic rings. The van der Waals surface area contributed by atoms with E-state index in [0.717, 1.165) is 24.1 Å². The average Bonchev–Trinajstić information content (AvgIpc) is 2.70. The zero-order chi connectivity index (χ0) is 12.4. The number of fused-ring (bicyclic) bond motifs is 1. The Labute approximate surface area is 98.4 Å². The molecule has 0 unspecified atom stereocenters. The summed E-state index contributed by atoms with van der Waals surface area (Å²) < 4.78 is 12.2. The van der Waals surface area contributed by atoms with Gasteiger partial charge in [0.05, 0.1) is 6.04 Å². The fourth-order valence-electron chi connectivity index (χ4n) is 1.98. The molecule has 1 aliphatic rings. The summed E-state index contributed by atoms with van der Waals surface area (Å²) >= 11 is 0. The first kappa shape index (κ1) is 11.8. The van der Waals surface area contributed by atoms with Crippen molar-refractivity contribution in [3.63, 3.8) is 0 Å². The molecule has 5 nitrogen and oxygen atoms in total. The van der Waals surface area contributed by atoms with Gasteiger partial charge >= 0.3 is 0 Å². The third-order valence-electron chi connectivity index (χ3n) is 2.90. The van der Waals surface area contributed by atoms with Crippen LogP contribution in [-0.4, -0.2) is 23.6 Å². The van der Waals surface area contributed by atoms with Crippen molar-refractivity contribution >= 4 is 11.7 Å². The van der Waals surface area contributed by atoms with E-state index >= 15 is 0 Å². The van der Waals surface area contributed by atoms with E-state index in [9.17, 15) is 9.18 Å².